The maximum atomic E-state index is 12.3. The van der Waals surface area contributed by atoms with Gasteiger partial charge in [-0.25, -0.2) is 0 Å². The van der Waals surface area contributed by atoms with Crippen molar-refractivity contribution in [1.29, 1.82) is 0 Å². The van der Waals surface area contributed by atoms with E-state index in [0.29, 0.717) is 39.2 Å². The molecule has 28 heavy (non-hydrogen) atoms. The van der Waals surface area contributed by atoms with Crippen LogP contribution < -0.4 is 10.1 Å². The van der Waals surface area contributed by atoms with Crippen LogP contribution in [-0.4, -0.2) is 50.3 Å². The van der Waals surface area contributed by atoms with Crippen molar-refractivity contribution < 1.29 is 18.7 Å². The molecule has 0 radical (unpaired) electrons. The number of hydrogen-bond donors (Lipinski definition) is 1. The summed E-state index contributed by atoms with van der Waals surface area (Å²) in [6.07, 6.45) is 1.10. The van der Waals surface area contributed by atoms with Crippen molar-refractivity contribution in [2.24, 2.45) is 0 Å². The second-order valence-electron chi connectivity index (χ2n) is 6.83. The fourth-order valence-electron chi connectivity index (χ4n) is 3.21. The van der Waals surface area contributed by atoms with E-state index >= 15 is 0 Å². The van der Waals surface area contributed by atoms with Crippen LogP contribution in [0.4, 0.5) is 0 Å². The van der Waals surface area contributed by atoms with E-state index in [4.69, 9.17) is 13.9 Å². The van der Waals surface area contributed by atoms with Gasteiger partial charge in [0.25, 0.3) is 0 Å². The van der Waals surface area contributed by atoms with E-state index < -0.39 is 0 Å². The number of morpholine rings is 1. The predicted molar refractivity (Wildman–Crippen MR) is 110 cm³/mol. The van der Waals surface area contributed by atoms with Crippen LogP contribution in [0.1, 0.15) is 30.4 Å². The summed E-state index contributed by atoms with van der Waals surface area (Å²) in [4.78, 5) is 14.6. The van der Waals surface area contributed by atoms with Gasteiger partial charge in [0.05, 0.1) is 25.9 Å². The van der Waals surface area contributed by atoms with E-state index in [0.717, 1.165) is 34.8 Å². The SMILES string of the molecule is Cc1ccc(C(CNC(=O)CCCOc2cccc(Br)c2)N2CCOCC2)o1. The van der Waals surface area contributed by atoms with Crippen LogP contribution in [0.2, 0.25) is 0 Å². The molecule has 0 saturated carbocycles. The van der Waals surface area contributed by atoms with E-state index in [1.807, 2.05) is 43.3 Å². The third kappa shape index (κ3) is 6.36. The van der Waals surface area contributed by atoms with Crippen LogP contribution in [0.15, 0.2) is 45.3 Å². The van der Waals surface area contributed by atoms with Crippen molar-refractivity contribution in [3.8, 4) is 5.75 Å². The first-order valence-electron chi connectivity index (χ1n) is 9.65. The van der Waals surface area contributed by atoms with Crippen molar-refractivity contribution in [3.05, 3.63) is 52.4 Å². The molecule has 1 saturated heterocycles. The van der Waals surface area contributed by atoms with Crippen molar-refractivity contribution in [2.45, 2.75) is 25.8 Å². The molecule has 0 aliphatic carbocycles. The molecule has 1 N–H and O–H groups in total. The summed E-state index contributed by atoms with van der Waals surface area (Å²) in [5.41, 5.74) is 0. The quantitative estimate of drug-likeness (QED) is 0.590. The number of rotatable bonds is 9. The molecule has 152 valence electrons. The third-order valence-electron chi connectivity index (χ3n) is 4.68. The average molecular weight is 451 g/mol. The molecule has 0 spiro atoms. The highest BCUT2D eigenvalue weighted by Crippen LogP contribution is 2.23. The molecule has 2 aromatic rings. The second-order valence-corrected chi connectivity index (χ2v) is 7.74. The molecule has 1 aromatic carbocycles. The molecular formula is C21H27BrN2O4. The molecule has 2 heterocycles. The Bertz CT molecular complexity index is 758. The Kier molecular flexibility index (Phi) is 7.94. The summed E-state index contributed by atoms with van der Waals surface area (Å²) >= 11 is 3.42. The number of nitrogens with zero attached hydrogens (tertiary/aromatic N) is 1. The number of amides is 1. The monoisotopic (exact) mass is 450 g/mol. The van der Waals surface area contributed by atoms with Gasteiger partial charge in [0.2, 0.25) is 5.91 Å². The summed E-state index contributed by atoms with van der Waals surface area (Å²) in [6, 6.07) is 11.7. The summed E-state index contributed by atoms with van der Waals surface area (Å²) in [6.45, 7) is 6.05. The van der Waals surface area contributed by atoms with Gasteiger partial charge < -0.3 is 19.2 Å². The Balaban J connectivity index is 1.44. The zero-order valence-electron chi connectivity index (χ0n) is 16.2. The number of ether oxygens (including phenoxy) is 2. The third-order valence-corrected chi connectivity index (χ3v) is 5.17. The smallest absolute Gasteiger partial charge is 0.220 e. The molecule has 1 aliphatic rings. The van der Waals surface area contributed by atoms with E-state index in [-0.39, 0.29) is 11.9 Å². The fraction of sp³-hybridized carbons (Fsp3) is 0.476. The number of benzene rings is 1. The Morgan fingerprint density at radius 3 is 2.82 bits per heavy atom. The lowest BCUT2D eigenvalue weighted by Crippen LogP contribution is -2.43. The number of carbonyl (C=O) groups excluding carboxylic acids is 1. The van der Waals surface area contributed by atoms with Gasteiger partial charge in [-0.1, -0.05) is 22.0 Å². The van der Waals surface area contributed by atoms with Crippen LogP contribution in [0.25, 0.3) is 0 Å². The van der Waals surface area contributed by atoms with Crippen molar-refractivity contribution in [2.75, 3.05) is 39.5 Å². The molecule has 1 aromatic heterocycles. The van der Waals surface area contributed by atoms with Crippen LogP contribution >= 0.6 is 15.9 Å². The second kappa shape index (κ2) is 10.6. The van der Waals surface area contributed by atoms with Gasteiger partial charge >= 0.3 is 0 Å². The van der Waals surface area contributed by atoms with Crippen molar-refractivity contribution in [1.82, 2.24) is 10.2 Å². The molecule has 7 heteroatoms. The molecule has 1 unspecified atom stereocenters. The van der Waals surface area contributed by atoms with Gasteiger partial charge in [0, 0.05) is 30.5 Å². The molecule has 1 atom stereocenters. The number of aryl methyl sites for hydroxylation is 1. The summed E-state index contributed by atoms with van der Waals surface area (Å²) in [7, 11) is 0. The first-order chi connectivity index (χ1) is 13.6. The molecule has 1 fully saturated rings. The average Bonchev–Trinajstić information content (AvgIpc) is 3.12. The van der Waals surface area contributed by atoms with Crippen LogP contribution in [-0.2, 0) is 9.53 Å². The standard InChI is InChI=1S/C21H27BrN2O4/c1-16-7-8-20(28-16)19(24-9-12-26-13-10-24)15-23-21(25)6-3-11-27-18-5-2-4-17(22)14-18/h2,4-5,7-8,14,19H,3,6,9-13,15H2,1H3,(H,23,25). The van der Waals surface area contributed by atoms with Crippen molar-refractivity contribution >= 4 is 21.8 Å². The Labute approximate surface area is 174 Å². The fourth-order valence-corrected chi connectivity index (χ4v) is 3.59. The predicted octanol–water partition coefficient (Wildman–Crippen LogP) is 3.70. The summed E-state index contributed by atoms with van der Waals surface area (Å²) < 4.78 is 17.9. The Morgan fingerprint density at radius 1 is 1.29 bits per heavy atom. The molecule has 0 bridgehead atoms. The van der Waals surface area contributed by atoms with E-state index in [9.17, 15) is 4.79 Å². The summed E-state index contributed by atoms with van der Waals surface area (Å²) in [5, 5.41) is 3.05. The van der Waals surface area contributed by atoms with Gasteiger partial charge in [-0.15, -0.1) is 0 Å². The zero-order chi connectivity index (χ0) is 19.8. The van der Waals surface area contributed by atoms with E-state index in [1.54, 1.807) is 0 Å². The van der Waals surface area contributed by atoms with Gasteiger partial charge in [-0.3, -0.25) is 9.69 Å². The lowest BCUT2D eigenvalue weighted by molar-refractivity contribution is -0.121. The number of carbonyl (C=O) groups is 1. The first-order valence-corrected chi connectivity index (χ1v) is 10.4. The maximum absolute atomic E-state index is 12.3. The highest BCUT2D eigenvalue weighted by Gasteiger charge is 2.25. The van der Waals surface area contributed by atoms with E-state index in [1.165, 1.54) is 0 Å². The molecular weight excluding hydrogens is 424 g/mol. The molecule has 6 nitrogen and oxygen atoms in total. The number of furan rings is 1. The Morgan fingerprint density at radius 2 is 2.11 bits per heavy atom. The van der Waals surface area contributed by atoms with Crippen LogP contribution in [0.3, 0.4) is 0 Å². The topological polar surface area (TPSA) is 63.9 Å². The number of hydrogen-bond acceptors (Lipinski definition) is 5. The largest absolute Gasteiger partial charge is 0.494 e. The minimum atomic E-state index is 0.0272. The zero-order valence-corrected chi connectivity index (χ0v) is 17.7. The normalized spacial score (nSPS) is 15.9. The van der Waals surface area contributed by atoms with Crippen LogP contribution in [0, 0.1) is 6.92 Å². The minimum Gasteiger partial charge on any atom is -0.494 e. The van der Waals surface area contributed by atoms with Gasteiger partial charge in [-0.05, 0) is 43.7 Å². The Hall–Kier alpha value is -1.83. The highest BCUT2D eigenvalue weighted by atomic mass is 79.9. The lowest BCUT2D eigenvalue weighted by Gasteiger charge is -2.33. The van der Waals surface area contributed by atoms with Gasteiger partial charge in [-0.2, -0.15) is 0 Å². The molecule has 1 aliphatic heterocycles. The maximum Gasteiger partial charge on any atom is 0.220 e. The number of nitrogens with one attached hydrogen (secondary N) is 1. The van der Waals surface area contributed by atoms with Crippen molar-refractivity contribution in [3.63, 3.8) is 0 Å². The van der Waals surface area contributed by atoms with Gasteiger partial charge in [0.1, 0.15) is 17.3 Å². The van der Waals surface area contributed by atoms with Crippen LogP contribution in [0.5, 0.6) is 5.75 Å². The molecule has 3 rings (SSSR count). The van der Waals surface area contributed by atoms with Gasteiger partial charge in [0.15, 0.2) is 0 Å². The summed E-state index contributed by atoms with van der Waals surface area (Å²) in [5.74, 6) is 2.59. The highest BCUT2D eigenvalue weighted by molar-refractivity contribution is 9.10. The van der Waals surface area contributed by atoms with E-state index in [2.05, 4.69) is 26.1 Å². The molecule has 1 amide bonds. The number of halogens is 1. The minimum absolute atomic E-state index is 0.0272. The lowest BCUT2D eigenvalue weighted by atomic mass is 10.1. The first kappa shape index (κ1) is 20.9.